The Hall–Kier alpha value is -1.63. The summed E-state index contributed by atoms with van der Waals surface area (Å²) in [6.45, 7) is 2.25. The molecule has 2 unspecified atom stereocenters. The normalized spacial score (nSPS) is 20.7. The summed E-state index contributed by atoms with van der Waals surface area (Å²) in [7, 11) is 0. The van der Waals surface area contributed by atoms with Gasteiger partial charge in [0.1, 0.15) is 12.1 Å². The molecule has 1 aromatic rings. The number of anilines is 1. The number of amides is 1. The lowest BCUT2D eigenvalue weighted by Crippen LogP contribution is -2.48. The summed E-state index contributed by atoms with van der Waals surface area (Å²) in [6, 6.07) is -1.17. The molecule has 1 aliphatic heterocycles. The third kappa shape index (κ3) is 2.61. The van der Waals surface area contributed by atoms with Crippen molar-refractivity contribution in [1.29, 1.82) is 0 Å². The third-order valence-corrected chi connectivity index (χ3v) is 3.76. The van der Waals surface area contributed by atoms with E-state index in [1.807, 2.05) is 10.3 Å². The standard InChI is InChI=1S/C11H15N3O3S/c1-7(10(16)17)13-9(15)8-3-2-5-14(8)11-12-4-6-18-11/h4,6-8H,2-3,5H2,1H3,(H,13,15)(H,16,17). The maximum absolute atomic E-state index is 12.0. The number of carbonyl (C=O) groups is 2. The van der Waals surface area contributed by atoms with Gasteiger partial charge in [-0.2, -0.15) is 0 Å². The second-order valence-corrected chi connectivity index (χ2v) is 5.11. The molecule has 18 heavy (non-hydrogen) atoms. The first kappa shape index (κ1) is 12.8. The number of hydrogen-bond donors (Lipinski definition) is 2. The van der Waals surface area contributed by atoms with E-state index in [0.717, 1.165) is 24.5 Å². The number of carbonyl (C=O) groups excluding carboxylic acids is 1. The Kier molecular flexibility index (Phi) is 3.81. The smallest absolute Gasteiger partial charge is 0.325 e. The van der Waals surface area contributed by atoms with Crippen molar-refractivity contribution < 1.29 is 14.7 Å². The van der Waals surface area contributed by atoms with Crippen molar-refractivity contribution in [2.75, 3.05) is 11.4 Å². The number of aliphatic carboxylic acids is 1. The first-order valence-electron chi connectivity index (χ1n) is 5.79. The molecule has 0 aliphatic carbocycles. The van der Waals surface area contributed by atoms with Crippen molar-refractivity contribution in [2.45, 2.75) is 31.8 Å². The Labute approximate surface area is 109 Å². The number of carboxylic acids is 1. The Balaban J connectivity index is 2.03. The van der Waals surface area contributed by atoms with Crippen molar-refractivity contribution in [1.82, 2.24) is 10.3 Å². The molecule has 7 heteroatoms. The minimum absolute atomic E-state index is 0.238. The molecule has 2 heterocycles. The van der Waals surface area contributed by atoms with E-state index in [9.17, 15) is 9.59 Å². The number of hydrogen-bond acceptors (Lipinski definition) is 5. The fourth-order valence-corrected chi connectivity index (χ4v) is 2.72. The monoisotopic (exact) mass is 269 g/mol. The molecule has 98 valence electrons. The molecule has 6 nitrogen and oxygen atoms in total. The molecule has 1 saturated heterocycles. The van der Waals surface area contributed by atoms with E-state index in [0.29, 0.717) is 0 Å². The zero-order valence-electron chi connectivity index (χ0n) is 10.00. The van der Waals surface area contributed by atoms with Crippen LogP contribution in [-0.2, 0) is 9.59 Å². The number of nitrogens with zero attached hydrogens (tertiary/aromatic N) is 2. The van der Waals surface area contributed by atoms with Crippen LogP contribution in [0.3, 0.4) is 0 Å². The van der Waals surface area contributed by atoms with Gasteiger partial charge in [-0.1, -0.05) is 0 Å². The van der Waals surface area contributed by atoms with E-state index in [4.69, 9.17) is 5.11 Å². The zero-order chi connectivity index (χ0) is 13.1. The van der Waals surface area contributed by atoms with Crippen LogP contribution in [0, 0.1) is 0 Å². The maximum atomic E-state index is 12.0. The molecule has 1 amide bonds. The molecule has 2 N–H and O–H groups in total. The lowest BCUT2D eigenvalue weighted by atomic mass is 10.2. The van der Waals surface area contributed by atoms with Gasteiger partial charge in [-0.15, -0.1) is 11.3 Å². The Morgan fingerprint density at radius 3 is 3.06 bits per heavy atom. The average Bonchev–Trinajstić information content (AvgIpc) is 2.99. The van der Waals surface area contributed by atoms with E-state index < -0.39 is 12.0 Å². The second kappa shape index (κ2) is 5.34. The van der Waals surface area contributed by atoms with Crippen LogP contribution >= 0.6 is 11.3 Å². The fourth-order valence-electron chi connectivity index (χ4n) is 2.00. The molecule has 0 saturated carbocycles. The van der Waals surface area contributed by atoms with Crippen LogP contribution in [0.2, 0.25) is 0 Å². The van der Waals surface area contributed by atoms with Crippen LogP contribution in [0.15, 0.2) is 11.6 Å². The van der Waals surface area contributed by atoms with Gasteiger partial charge in [0.15, 0.2) is 5.13 Å². The molecule has 0 spiro atoms. The van der Waals surface area contributed by atoms with Crippen LogP contribution in [-0.4, -0.2) is 40.6 Å². The minimum Gasteiger partial charge on any atom is -0.480 e. The number of rotatable bonds is 4. The van der Waals surface area contributed by atoms with Crippen LogP contribution in [0.5, 0.6) is 0 Å². The van der Waals surface area contributed by atoms with Crippen molar-refractivity contribution in [3.05, 3.63) is 11.6 Å². The second-order valence-electron chi connectivity index (χ2n) is 4.23. The minimum atomic E-state index is -1.03. The third-order valence-electron chi connectivity index (χ3n) is 2.95. The van der Waals surface area contributed by atoms with Gasteiger partial charge in [0.2, 0.25) is 5.91 Å². The molecule has 2 atom stereocenters. The van der Waals surface area contributed by atoms with Crippen molar-refractivity contribution in [3.8, 4) is 0 Å². The highest BCUT2D eigenvalue weighted by Gasteiger charge is 2.33. The first-order valence-corrected chi connectivity index (χ1v) is 6.67. The van der Waals surface area contributed by atoms with E-state index in [-0.39, 0.29) is 11.9 Å². The quantitative estimate of drug-likeness (QED) is 0.841. The number of aromatic nitrogens is 1. The zero-order valence-corrected chi connectivity index (χ0v) is 10.8. The topological polar surface area (TPSA) is 82.5 Å². The number of thiazole rings is 1. The SMILES string of the molecule is CC(NC(=O)C1CCCN1c1nccs1)C(=O)O. The summed E-state index contributed by atoms with van der Waals surface area (Å²) in [5.74, 6) is -1.26. The lowest BCUT2D eigenvalue weighted by Gasteiger charge is -2.23. The van der Waals surface area contributed by atoms with Gasteiger partial charge in [-0.05, 0) is 19.8 Å². The van der Waals surface area contributed by atoms with Crippen molar-refractivity contribution >= 4 is 28.3 Å². The van der Waals surface area contributed by atoms with Crippen LogP contribution in [0.25, 0.3) is 0 Å². The molecular weight excluding hydrogens is 254 g/mol. The molecule has 1 fully saturated rings. The van der Waals surface area contributed by atoms with Gasteiger partial charge in [-0.25, -0.2) is 4.98 Å². The Bertz CT molecular complexity index is 435. The Morgan fingerprint density at radius 1 is 1.67 bits per heavy atom. The number of carboxylic acid groups (broad SMARTS) is 1. The summed E-state index contributed by atoms with van der Waals surface area (Å²) in [4.78, 5) is 28.9. The molecule has 0 aromatic carbocycles. The first-order chi connectivity index (χ1) is 8.59. The van der Waals surface area contributed by atoms with Gasteiger partial charge < -0.3 is 15.3 Å². The van der Waals surface area contributed by atoms with Gasteiger partial charge in [-0.3, -0.25) is 9.59 Å². The molecule has 2 rings (SSSR count). The van der Waals surface area contributed by atoms with Crippen LogP contribution < -0.4 is 10.2 Å². The van der Waals surface area contributed by atoms with Crippen LogP contribution in [0.1, 0.15) is 19.8 Å². The van der Waals surface area contributed by atoms with Crippen molar-refractivity contribution in [2.24, 2.45) is 0 Å². The number of nitrogens with one attached hydrogen (secondary N) is 1. The molecule has 0 radical (unpaired) electrons. The van der Waals surface area contributed by atoms with Crippen LogP contribution in [0.4, 0.5) is 5.13 Å². The van der Waals surface area contributed by atoms with Crippen molar-refractivity contribution in [3.63, 3.8) is 0 Å². The summed E-state index contributed by atoms with van der Waals surface area (Å²) >= 11 is 1.49. The van der Waals surface area contributed by atoms with E-state index in [2.05, 4.69) is 10.3 Å². The molecule has 1 aliphatic rings. The highest BCUT2D eigenvalue weighted by molar-refractivity contribution is 7.13. The van der Waals surface area contributed by atoms with Gasteiger partial charge >= 0.3 is 5.97 Å². The average molecular weight is 269 g/mol. The van der Waals surface area contributed by atoms with Gasteiger partial charge in [0.05, 0.1) is 0 Å². The van der Waals surface area contributed by atoms with E-state index >= 15 is 0 Å². The maximum Gasteiger partial charge on any atom is 0.325 e. The largest absolute Gasteiger partial charge is 0.480 e. The van der Waals surface area contributed by atoms with Gasteiger partial charge in [0.25, 0.3) is 0 Å². The summed E-state index contributed by atoms with van der Waals surface area (Å²) in [5, 5.41) is 14.0. The lowest BCUT2D eigenvalue weighted by molar-refractivity contribution is -0.141. The van der Waals surface area contributed by atoms with Gasteiger partial charge in [0, 0.05) is 18.1 Å². The highest BCUT2D eigenvalue weighted by Crippen LogP contribution is 2.27. The van der Waals surface area contributed by atoms with E-state index in [1.165, 1.54) is 18.3 Å². The summed E-state index contributed by atoms with van der Waals surface area (Å²) in [5.41, 5.74) is 0. The predicted octanol–water partition coefficient (Wildman–Crippen LogP) is 0.701. The van der Waals surface area contributed by atoms with E-state index in [1.54, 1.807) is 6.20 Å². The molecule has 0 bridgehead atoms. The summed E-state index contributed by atoms with van der Waals surface area (Å²) in [6.07, 6.45) is 3.35. The fraction of sp³-hybridized carbons (Fsp3) is 0.545. The molecular formula is C11H15N3O3S. The Morgan fingerprint density at radius 2 is 2.44 bits per heavy atom. The molecule has 1 aromatic heterocycles. The predicted molar refractivity (Wildman–Crippen MR) is 67.7 cm³/mol. The highest BCUT2D eigenvalue weighted by atomic mass is 32.1. The summed E-state index contributed by atoms with van der Waals surface area (Å²) < 4.78 is 0.